The summed E-state index contributed by atoms with van der Waals surface area (Å²) in [5.74, 6) is 0. The van der Waals surface area contributed by atoms with Crippen molar-refractivity contribution >= 4 is 46.3 Å². The van der Waals surface area contributed by atoms with Gasteiger partial charge in [0.1, 0.15) is 0 Å². The molecule has 1 heterocycles. The van der Waals surface area contributed by atoms with E-state index in [9.17, 15) is 0 Å². The average molecular weight is 827 g/mol. The fraction of sp³-hybridized carbons (Fsp3) is 0.0159. The minimum absolute atomic E-state index is 0.546. The van der Waals surface area contributed by atoms with Crippen molar-refractivity contribution in [2.24, 2.45) is 0 Å². The highest BCUT2D eigenvalue weighted by Crippen LogP contribution is 2.62. The zero-order valence-corrected chi connectivity index (χ0v) is 35.6. The van der Waals surface area contributed by atoms with Crippen molar-refractivity contribution in [3.63, 3.8) is 0 Å². The van der Waals surface area contributed by atoms with Crippen LogP contribution < -0.4 is 9.80 Å². The molecule has 65 heavy (non-hydrogen) atoms. The second-order valence-corrected chi connectivity index (χ2v) is 17.2. The summed E-state index contributed by atoms with van der Waals surface area (Å²) in [4.78, 5) is 4.94. The molecule has 1 spiro atoms. The van der Waals surface area contributed by atoms with Gasteiger partial charge in [0.05, 0.1) is 22.5 Å². The number of fused-ring (bicyclic) bond motifs is 14. The molecule has 0 bridgehead atoms. The number of nitrogens with zero attached hydrogens (tertiary/aromatic N) is 2. The molecule has 0 radical (unpaired) electrons. The van der Waals surface area contributed by atoms with Crippen LogP contribution in [0.1, 0.15) is 33.4 Å². The van der Waals surface area contributed by atoms with Crippen LogP contribution in [0.2, 0.25) is 0 Å². The van der Waals surface area contributed by atoms with E-state index in [1.54, 1.807) is 0 Å². The zero-order chi connectivity index (χ0) is 42.9. The van der Waals surface area contributed by atoms with Crippen molar-refractivity contribution in [3.05, 3.63) is 276 Å². The van der Waals surface area contributed by atoms with Crippen LogP contribution in [0.15, 0.2) is 243 Å². The molecule has 0 aromatic heterocycles. The summed E-state index contributed by atoms with van der Waals surface area (Å²) in [6.07, 6.45) is 4.61. The first-order chi connectivity index (χ1) is 32.3. The minimum Gasteiger partial charge on any atom is -0.310 e. The lowest BCUT2D eigenvalue weighted by atomic mass is 9.66. The third-order valence-electron chi connectivity index (χ3n) is 13.8. The Kier molecular flexibility index (Phi) is 8.47. The van der Waals surface area contributed by atoms with E-state index in [2.05, 4.69) is 265 Å². The largest absolute Gasteiger partial charge is 0.310 e. The predicted octanol–water partition coefficient (Wildman–Crippen LogP) is 16.8. The molecule has 2 nitrogen and oxygen atoms in total. The van der Waals surface area contributed by atoms with Gasteiger partial charge in [0.15, 0.2) is 0 Å². The molecule has 3 aliphatic rings. The standard InChI is InChI=1S/C63H42N2/c1-3-18-43(19-4-1)44-36-38-48(39-37-44)64(49-40-41-60-54(42-49)51-25-10-9-24-50(51)52-26-12-16-32-59(52)65(60)47-22-5-2-6-23-47)61-33-17-31-58-62(61)53-27-11-15-30-57(53)63(58)55-28-13-7-20-45(55)34-35-46-21-8-14-29-56(46)63/h1-42H. The van der Waals surface area contributed by atoms with Gasteiger partial charge in [-0.3, -0.25) is 0 Å². The molecule has 0 amide bonds. The smallest absolute Gasteiger partial charge is 0.0725 e. The van der Waals surface area contributed by atoms with Crippen molar-refractivity contribution in [3.8, 4) is 44.5 Å². The van der Waals surface area contributed by atoms with Crippen molar-refractivity contribution in [1.82, 2.24) is 0 Å². The number of hydrogen-bond donors (Lipinski definition) is 0. The van der Waals surface area contributed by atoms with Crippen LogP contribution in [0, 0.1) is 0 Å². The minimum atomic E-state index is -0.546. The van der Waals surface area contributed by atoms with E-state index in [1.807, 2.05) is 0 Å². The fourth-order valence-electron chi connectivity index (χ4n) is 11.1. The summed E-state index contributed by atoms with van der Waals surface area (Å²) in [7, 11) is 0. The number of anilines is 6. The highest BCUT2D eigenvalue weighted by Gasteiger charge is 2.49. The molecule has 0 unspecified atom stereocenters. The third kappa shape index (κ3) is 5.60. The Morgan fingerprint density at radius 3 is 1.54 bits per heavy atom. The second kappa shape index (κ2) is 14.8. The van der Waals surface area contributed by atoms with Crippen LogP contribution >= 0.6 is 0 Å². The summed E-state index contributed by atoms with van der Waals surface area (Å²) in [6.45, 7) is 0. The maximum absolute atomic E-state index is 2.50. The summed E-state index contributed by atoms with van der Waals surface area (Å²) in [6, 6.07) is 89.5. The highest BCUT2D eigenvalue weighted by molar-refractivity contribution is 6.05. The Balaban J connectivity index is 1.10. The van der Waals surface area contributed by atoms with E-state index in [0.717, 1.165) is 34.1 Å². The monoisotopic (exact) mass is 826 g/mol. The molecule has 10 aromatic rings. The summed E-state index contributed by atoms with van der Waals surface area (Å²) >= 11 is 0. The first-order valence-corrected chi connectivity index (χ1v) is 22.5. The molecule has 304 valence electrons. The van der Waals surface area contributed by atoms with Gasteiger partial charge in [-0.1, -0.05) is 200 Å². The summed E-state index contributed by atoms with van der Waals surface area (Å²) in [5, 5.41) is 0. The van der Waals surface area contributed by atoms with Gasteiger partial charge in [0, 0.05) is 33.8 Å². The van der Waals surface area contributed by atoms with Gasteiger partial charge < -0.3 is 9.80 Å². The van der Waals surface area contributed by atoms with Crippen molar-refractivity contribution in [1.29, 1.82) is 0 Å². The normalized spacial score (nSPS) is 13.3. The van der Waals surface area contributed by atoms with Gasteiger partial charge in [-0.05, 0) is 116 Å². The molecule has 0 saturated carbocycles. The van der Waals surface area contributed by atoms with Crippen LogP contribution in [-0.2, 0) is 5.41 Å². The van der Waals surface area contributed by atoms with E-state index in [1.165, 1.54) is 77.9 Å². The maximum atomic E-state index is 2.50. The Morgan fingerprint density at radius 2 is 0.831 bits per heavy atom. The van der Waals surface area contributed by atoms with E-state index >= 15 is 0 Å². The Labute approximate surface area is 380 Å². The van der Waals surface area contributed by atoms with E-state index in [4.69, 9.17) is 0 Å². The molecule has 0 fully saturated rings. The van der Waals surface area contributed by atoms with Crippen molar-refractivity contribution in [2.75, 3.05) is 9.80 Å². The van der Waals surface area contributed by atoms with E-state index < -0.39 is 5.41 Å². The topological polar surface area (TPSA) is 6.48 Å². The van der Waals surface area contributed by atoms with Gasteiger partial charge >= 0.3 is 0 Å². The Hall–Kier alpha value is -8.46. The van der Waals surface area contributed by atoms with Crippen LogP contribution in [0.4, 0.5) is 34.1 Å². The average Bonchev–Trinajstić information content (AvgIpc) is 3.51. The number of hydrogen-bond acceptors (Lipinski definition) is 2. The molecule has 0 N–H and O–H groups in total. The van der Waals surface area contributed by atoms with Crippen molar-refractivity contribution in [2.45, 2.75) is 5.41 Å². The molecule has 0 atom stereocenters. The van der Waals surface area contributed by atoms with E-state index in [-0.39, 0.29) is 0 Å². The van der Waals surface area contributed by atoms with Crippen LogP contribution in [-0.4, -0.2) is 0 Å². The van der Waals surface area contributed by atoms with Gasteiger partial charge in [0.2, 0.25) is 0 Å². The lowest BCUT2D eigenvalue weighted by molar-refractivity contribution is 0.766. The SMILES string of the molecule is C1=Cc2ccccc2C2(c3ccccc31)c1ccccc1-c1c(N(c3ccc(-c4ccccc4)cc3)c3ccc4c(c3)-c3ccccc3-c3ccccc3N4c3ccccc3)cccc12. The van der Waals surface area contributed by atoms with Crippen LogP contribution in [0.5, 0.6) is 0 Å². The number of benzene rings is 10. The Morgan fingerprint density at radius 1 is 0.323 bits per heavy atom. The number of para-hydroxylation sites is 2. The molecule has 2 aliphatic carbocycles. The van der Waals surface area contributed by atoms with E-state index in [0.29, 0.717) is 0 Å². The first kappa shape index (κ1) is 37.1. The van der Waals surface area contributed by atoms with Gasteiger partial charge in [-0.2, -0.15) is 0 Å². The zero-order valence-electron chi connectivity index (χ0n) is 35.6. The third-order valence-corrected chi connectivity index (χ3v) is 13.8. The molecular formula is C63H42N2. The fourth-order valence-corrected chi connectivity index (χ4v) is 11.1. The maximum Gasteiger partial charge on any atom is 0.0725 e. The Bertz CT molecular complexity index is 3440. The highest BCUT2D eigenvalue weighted by atomic mass is 15.2. The van der Waals surface area contributed by atoms with Crippen LogP contribution in [0.25, 0.3) is 56.7 Å². The summed E-state index contributed by atoms with van der Waals surface area (Å²) < 4.78 is 0. The van der Waals surface area contributed by atoms with Crippen molar-refractivity contribution < 1.29 is 0 Å². The molecule has 13 rings (SSSR count). The van der Waals surface area contributed by atoms with Crippen LogP contribution in [0.3, 0.4) is 0 Å². The van der Waals surface area contributed by atoms with Gasteiger partial charge in [0.25, 0.3) is 0 Å². The molecule has 2 heteroatoms. The second-order valence-electron chi connectivity index (χ2n) is 17.2. The molecule has 10 aromatic carbocycles. The quantitative estimate of drug-likeness (QED) is 0.171. The lowest BCUT2D eigenvalue weighted by Gasteiger charge is -2.36. The van der Waals surface area contributed by atoms with Gasteiger partial charge in [-0.15, -0.1) is 0 Å². The van der Waals surface area contributed by atoms with Gasteiger partial charge in [-0.25, -0.2) is 0 Å². The lowest BCUT2D eigenvalue weighted by Crippen LogP contribution is -2.30. The predicted molar refractivity (Wildman–Crippen MR) is 272 cm³/mol. The molecular weight excluding hydrogens is 785 g/mol. The summed E-state index contributed by atoms with van der Waals surface area (Å²) in [5.41, 5.74) is 23.5. The molecule has 1 aliphatic heterocycles. The number of rotatable bonds is 5. The molecule has 0 saturated heterocycles. The first-order valence-electron chi connectivity index (χ1n) is 22.5.